The van der Waals surface area contributed by atoms with E-state index in [2.05, 4.69) is 6.92 Å². The van der Waals surface area contributed by atoms with E-state index >= 15 is 0 Å². The first-order valence-corrected chi connectivity index (χ1v) is 9.72. The van der Waals surface area contributed by atoms with Crippen LogP contribution in [0.4, 0.5) is 0 Å². The fraction of sp³-hybridized carbons (Fsp3) is 0.900. The number of aliphatic hydroxyl groups is 1. The Bertz CT molecular complexity index is 354. The summed E-state index contributed by atoms with van der Waals surface area (Å²) in [5, 5.41) is 18.6. The smallest absolute Gasteiger partial charge is 0.303 e. The lowest BCUT2D eigenvalue weighted by Crippen LogP contribution is -2.26. The normalized spacial score (nSPS) is 15.0. The van der Waals surface area contributed by atoms with E-state index in [4.69, 9.17) is 5.11 Å². The molecule has 4 nitrogen and oxygen atoms in total. The maximum Gasteiger partial charge on any atom is 0.303 e. The minimum atomic E-state index is -0.735. The van der Waals surface area contributed by atoms with Crippen molar-refractivity contribution < 1.29 is 19.8 Å². The zero-order valence-corrected chi connectivity index (χ0v) is 16.0. The van der Waals surface area contributed by atoms with Gasteiger partial charge in [0.05, 0.1) is 6.10 Å². The molecule has 2 N–H and O–H groups in total. The predicted molar refractivity (Wildman–Crippen MR) is 98.1 cm³/mol. The minimum Gasteiger partial charge on any atom is -0.481 e. The fourth-order valence-electron chi connectivity index (χ4n) is 3.12. The van der Waals surface area contributed by atoms with Gasteiger partial charge in [0.2, 0.25) is 0 Å². The number of hydrogen-bond acceptors (Lipinski definition) is 3. The van der Waals surface area contributed by atoms with Gasteiger partial charge in [-0.3, -0.25) is 9.59 Å². The Balaban J connectivity index is 3.99. The van der Waals surface area contributed by atoms with Crippen molar-refractivity contribution in [2.45, 2.75) is 110 Å². The van der Waals surface area contributed by atoms with Crippen LogP contribution in [0, 0.1) is 5.41 Å². The van der Waals surface area contributed by atoms with E-state index < -0.39 is 5.97 Å². The van der Waals surface area contributed by atoms with Crippen LogP contribution >= 0.6 is 0 Å². The first-order chi connectivity index (χ1) is 11.3. The molecule has 0 bridgehead atoms. The van der Waals surface area contributed by atoms with Crippen LogP contribution in [0.15, 0.2) is 0 Å². The van der Waals surface area contributed by atoms with Gasteiger partial charge in [0.1, 0.15) is 5.78 Å². The number of unbranched alkanes of at least 4 members (excludes halogenated alkanes) is 5. The number of hydrogen-bond donors (Lipinski definition) is 2. The van der Waals surface area contributed by atoms with Crippen LogP contribution in [-0.4, -0.2) is 28.1 Å². The van der Waals surface area contributed by atoms with Crippen LogP contribution in [-0.2, 0) is 9.59 Å². The van der Waals surface area contributed by atoms with Crippen molar-refractivity contribution in [3.8, 4) is 0 Å². The minimum absolute atomic E-state index is 0.230. The Morgan fingerprint density at radius 1 is 0.917 bits per heavy atom. The van der Waals surface area contributed by atoms with Gasteiger partial charge in [-0.05, 0) is 45.4 Å². The van der Waals surface area contributed by atoms with Gasteiger partial charge in [0.25, 0.3) is 0 Å². The molecule has 2 atom stereocenters. The van der Waals surface area contributed by atoms with Crippen molar-refractivity contribution >= 4 is 11.8 Å². The highest BCUT2D eigenvalue weighted by Crippen LogP contribution is 2.32. The molecule has 2 unspecified atom stereocenters. The number of aliphatic carboxylic acids is 1. The van der Waals surface area contributed by atoms with Gasteiger partial charge in [-0.1, -0.05) is 52.4 Å². The zero-order chi connectivity index (χ0) is 18.4. The third kappa shape index (κ3) is 11.6. The molecule has 4 heteroatoms. The highest BCUT2D eigenvalue weighted by molar-refractivity contribution is 5.81. The number of carbonyl (C=O) groups is 2. The second-order valence-corrected chi connectivity index (χ2v) is 7.47. The number of aliphatic hydroxyl groups excluding tert-OH is 1. The summed E-state index contributed by atoms with van der Waals surface area (Å²) in [5.74, 6) is -0.505. The molecular formula is C20H38O4. The second-order valence-electron chi connectivity index (χ2n) is 7.47. The maximum atomic E-state index is 12.0. The van der Waals surface area contributed by atoms with Gasteiger partial charge in [-0.15, -0.1) is 0 Å². The SMILES string of the molecule is CCCCCC(O)CCCC(C)(CCCCCCC(=O)O)C(C)=O. The summed E-state index contributed by atoms with van der Waals surface area (Å²) in [6, 6.07) is 0. The predicted octanol–water partition coefficient (Wildman–Crippen LogP) is 5.12. The molecule has 0 aromatic heterocycles. The van der Waals surface area contributed by atoms with Crippen molar-refractivity contribution in [1.82, 2.24) is 0 Å². The number of ketones is 1. The molecule has 0 radical (unpaired) electrons. The van der Waals surface area contributed by atoms with Crippen LogP contribution in [0.1, 0.15) is 104 Å². The molecule has 0 aliphatic rings. The number of Topliss-reactive ketones (excluding diaryl/α,β-unsaturated/α-hetero) is 1. The lowest BCUT2D eigenvalue weighted by molar-refractivity contribution is -0.137. The summed E-state index contributed by atoms with van der Waals surface area (Å²) in [5.41, 5.74) is -0.296. The largest absolute Gasteiger partial charge is 0.481 e. The molecule has 0 aliphatic heterocycles. The van der Waals surface area contributed by atoms with Crippen LogP contribution in [0.5, 0.6) is 0 Å². The van der Waals surface area contributed by atoms with E-state index in [1.54, 1.807) is 6.92 Å². The molecule has 0 heterocycles. The molecule has 0 aromatic rings. The summed E-state index contributed by atoms with van der Waals surface area (Å²) in [7, 11) is 0. The number of carboxylic acid groups (broad SMARTS) is 1. The van der Waals surface area contributed by atoms with Crippen LogP contribution < -0.4 is 0 Å². The molecule has 0 spiro atoms. The van der Waals surface area contributed by atoms with E-state index in [-0.39, 0.29) is 23.7 Å². The summed E-state index contributed by atoms with van der Waals surface area (Å²) >= 11 is 0. The molecule has 0 aliphatic carbocycles. The fourth-order valence-corrected chi connectivity index (χ4v) is 3.12. The van der Waals surface area contributed by atoms with E-state index in [9.17, 15) is 14.7 Å². The molecule has 0 aromatic carbocycles. The Hall–Kier alpha value is -0.900. The molecule has 0 rings (SSSR count). The van der Waals surface area contributed by atoms with Crippen LogP contribution in [0.3, 0.4) is 0 Å². The average Bonchev–Trinajstić information content (AvgIpc) is 2.50. The number of rotatable bonds is 16. The molecule has 0 saturated carbocycles. The highest BCUT2D eigenvalue weighted by Gasteiger charge is 2.28. The lowest BCUT2D eigenvalue weighted by atomic mass is 9.76. The third-order valence-electron chi connectivity index (χ3n) is 5.13. The standard InChI is InChI=1S/C20H38O4/c1-4-5-8-12-18(22)13-11-16-20(3,17(2)21)15-10-7-6-9-14-19(23)24/h18,22H,4-16H2,1-3H3,(H,23,24). The Morgan fingerprint density at radius 2 is 1.50 bits per heavy atom. The van der Waals surface area contributed by atoms with E-state index in [1.165, 1.54) is 12.8 Å². The van der Waals surface area contributed by atoms with Gasteiger partial charge in [0.15, 0.2) is 0 Å². The van der Waals surface area contributed by atoms with E-state index in [0.29, 0.717) is 0 Å². The Labute approximate surface area is 148 Å². The van der Waals surface area contributed by atoms with Crippen molar-refractivity contribution in [3.05, 3.63) is 0 Å². The average molecular weight is 343 g/mol. The van der Waals surface area contributed by atoms with E-state index in [1.807, 2.05) is 6.92 Å². The maximum absolute atomic E-state index is 12.0. The van der Waals surface area contributed by atoms with Gasteiger partial charge in [0, 0.05) is 11.8 Å². The van der Waals surface area contributed by atoms with Gasteiger partial charge < -0.3 is 10.2 Å². The van der Waals surface area contributed by atoms with Crippen molar-refractivity contribution in [1.29, 1.82) is 0 Å². The Kier molecular flexibility index (Phi) is 12.9. The summed E-state index contributed by atoms with van der Waals surface area (Å²) in [6.45, 7) is 5.87. The summed E-state index contributed by atoms with van der Waals surface area (Å²) < 4.78 is 0. The molecular weight excluding hydrogens is 304 g/mol. The number of carbonyl (C=O) groups excluding carboxylic acids is 1. The molecule has 0 saturated heterocycles. The first-order valence-electron chi connectivity index (χ1n) is 9.72. The van der Waals surface area contributed by atoms with Gasteiger partial charge in [-0.2, -0.15) is 0 Å². The molecule has 142 valence electrons. The first kappa shape index (κ1) is 23.1. The van der Waals surface area contributed by atoms with Crippen LogP contribution in [0.25, 0.3) is 0 Å². The summed E-state index contributed by atoms with van der Waals surface area (Å²) in [6.07, 6.45) is 11.2. The highest BCUT2D eigenvalue weighted by atomic mass is 16.4. The quantitative estimate of drug-likeness (QED) is 0.382. The number of carboxylic acids is 1. The molecule has 24 heavy (non-hydrogen) atoms. The van der Waals surface area contributed by atoms with Crippen molar-refractivity contribution in [3.63, 3.8) is 0 Å². The third-order valence-corrected chi connectivity index (χ3v) is 5.13. The second kappa shape index (κ2) is 13.4. The van der Waals surface area contributed by atoms with Gasteiger partial charge in [-0.25, -0.2) is 0 Å². The van der Waals surface area contributed by atoms with Crippen molar-refractivity contribution in [2.75, 3.05) is 0 Å². The monoisotopic (exact) mass is 342 g/mol. The summed E-state index contributed by atoms with van der Waals surface area (Å²) in [4.78, 5) is 22.5. The van der Waals surface area contributed by atoms with Crippen LogP contribution in [0.2, 0.25) is 0 Å². The zero-order valence-electron chi connectivity index (χ0n) is 16.0. The topological polar surface area (TPSA) is 74.6 Å². The molecule has 0 amide bonds. The van der Waals surface area contributed by atoms with E-state index in [0.717, 1.165) is 64.2 Å². The van der Waals surface area contributed by atoms with Crippen molar-refractivity contribution in [2.24, 2.45) is 5.41 Å². The molecule has 0 fully saturated rings. The lowest BCUT2D eigenvalue weighted by Gasteiger charge is -2.27. The van der Waals surface area contributed by atoms with Gasteiger partial charge >= 0.3 is 5.97 Å². The Morgan fingerprint density at radius 3 is 2.08 bits per heavy atom.